The highest BCUT2D eigenvalue weighted by molar-refractivity contribution is 4.90. The molecule has 0 amide bonds. The molecule has 1 aliphatic heterocycles. The van der Waals surface area contributed by atoms with E-state index in [0.29, 0.717) is 5.41 Å². The fourth-order valence-corrected chi connectivity index (χ4v) is 3.78. The first-order valence-electron chi connectivity index (χ1n) is 8.43. The molecule has 19 heavy (non-hydrogen) atoms. The molecule has 1 aliphatic carbocycles. The lowest BCUT2D eigenvalue weighted by atomic mass is 9.85. The summed E-state index contributed by atoms with van der Waals surface area (Å²) in [5, 5.41) is 3.69. The van der Waals surface area contributed by atoms with Crippen LogP contribution in [0.2, 0.25) is 0 Å². The maximum atomic E-state index is 3.69. The van der Waals surface area contributed by atoms with E-state index in [2.05, 4.69) is 29.0 Å². The van der Waals surface area contributed by atoms with E-state index in [9.17, 15) is 0 Å². The predicted molar refractivity (Wildman–Crippen MR) is 82.6 cm³/mol. The lowest BCUT2D eigenvalue weighted by Crippen LogP contribution is -2.51. The zero-order valence-corrected chi connectivity index (χ0v) is 13.1. The molecule has 0 aromatic rings. The van der Waals surface area contributed by atoms with Crippen molar-refractivity contribution >= 4 is 0 Å². The summed E-state index contributed by atoms with van der Waals surface area (Å²) in [7, 11) is 0. The smallest absolute Gasteiger partial charge is 0.0110 e. The van der Waals surface area contributed by atoms with Crippen molar-refractivity contribution in [2.45, 2.75) is 46.0 Å². The van der Waals surface area contributed by atoms with Gasteiger partial charge in [0.05, 0.1) is 0 Å². The Morgan fingerprint density at radius 1 is 0.947 bits per heavy atom. The second-order valence-electron chi connectivity index (χ2n) is 6.59. The molecule has 0 spiro atoms. The van der Waals surface area contributed by atoms with Gasteiger partial charge in [-0.05, 0) is 37.8 Å². The largest absolute Gasteiger partial charge is 0.316 e. The molecule has 0 aromatic carbocycles. The molecule has 1 saturated carbocycles. The van der Waals surface area contributed by atoms with Gasteiger partial charge < -0.3 is 15.1 Å². The van der Waals surface area contributed by atoms with Crippen molar-refractivity contribution in [3.8, 4) is 0 Å². The van der Waals surface area contributed by atoms with E-state index in [1.165, 1.54) is 84.5 Å². The summed E-state index contributed by atoms with van der Waals surface area (Å²) in [6.45, 7) is 14.6. The third-order valence-electron chi connectivity index (χ3n) is 5.06. The summed E-state index contributed by atoms with van der Waals surface area (Å²) in [5.74, 6) is 0. The van der Waals surface area contributed by atoms with Gasteiger partial charge in [-0.1, -0.05) is 26.7 Å². The van der Waals surface area contributed by atoms with Gasteiger partial charge >= 0.3 is 0 Å². The molecule has 0 radical (unpaired) electrons. The predicted octanol–water partition coefficient (Wildman–Crippen LogP) is 2.18. The first-order valence-corrected chi connectivity index (χ1v) is 8.43. The Morgan fingerprint density at radius 2 is 1.58 bits per heavy atom. The van der Waals surface area contributed by atoms with E-state index in [0.717, 1.165) is 0 Å². The Hall–Kier alpha value is -0.120. The molecule has 3 nitrogen and oxygen atoms in total. The minimum absolute atomic E-state index is 0.587. The summed E-state index contributed by atoms with van der Waals surface area (Å²) in [6, 6.07) is 0. The molecule has 0 bridgehead atoms. The fourth-order valence-electron chi connectivity index (χ4n) is 3.78. The summed E-state index contributed by atoms with van der Waals surface area (Å²) in [6.07, 6.45) is 7.03. The number of piperazine rings is 1. The van der Waals surface area contributed by atoms with Crippen LogP contribution in [0.25, 0.3) is 0 Å². The van der Waals surface area contributed by atoms with Gasteiger partial charge in [-0.3, -0.25) is 0 Å². The zero-order valence-electron chi connectivity index (χ0n) is 13.1. The van der Waals surface area contributed by atoms with E-state index < -0.39 is 0 Å². The Balaban J connectivity index is 1.80. The van der Waals surface area contributed by atoms with E-state index in [4.69, 9.17) is 0 Å². The SMILES string of the molecule is CCCNCC1(CN2CCN(CC)CC2)CCCC1. The molecule has 1 saturated heterocycles. The number of hydrogen-bond donors (Lipinski definition) is 1. The maximum absolute atomic E-state index is 3.69. The number of likely N-dealkylation sites (N-methyl/N-ethyl adjacent to an activating group) is 1. The first kappa shape index (κ1) is 15.3. The number of nitrogens with one attached hydrogen (secondary N) is 1. The molecule has 2 aliphatic rings. The lowest BCUT2D eigenvalue weighted by Gasteiger charge is -2.40. The zero-order chi connectivity index (χ0) is 13.6. The summed E-state index contributed by atoms with van der Waals surface area (Å²) in [5.41, 5.74) is 0.587. The van der Waals surface area contributed by atoms with Crippen LogP contribution in [0, 0.1) is 5.41 Å². The van der Waals surface area contributed by atoms with Crippen LogP contribution in [-0.2, 0) is 0 Å². The Kier molecular flexibility index (Phi) is 6.11. The van der Waals surface area contributed by atoms with Crippen LogP contribution in [0.4, 0.5) is 0 Å². The average molecular weight is 267 g/mol. The van der Waals surface area contributed by atoms with Gasteiger partial charge in [0.1, 0.15) is 0 Å². The summed E-state index contributed by atoms with van der Waals surface area (Å²) < 4.78 is 0. The van der Waals surface area contributed by atoms with Gasteiger partial charge in [0.25, 0.3) is 0 Å². The highest BCUT2D eigenvalue weighted by Gasteiger charge is 2.35. The van der Waals surface area contributed by atoms with Gasteiger partial charge in [-0.2, -0.15) is 0 Å². The highest BCUT2D eigenvalue weighted by atomic mass is 15.3. The van der Waals surface area contributed by atoms with Crippen LogP contribution in [0.1, 0.15) is 46.0 Å². The van der Waals surface area contributed by atoms with Crippen LogP contribution >= 0.6 is 0 Å². The molecule has 0 unspecified atom stereocenters. The summed E-state index contributed by atoms with van der Waals surface area (Å²) >= 11 is 0. The van der Waals surface area contributed by atoms with Crippen LogP contribution in [0.5, 0.6) is 0 Å². The molecule has 1 heterocycles. The van der Waals surface area contributed by atoms with Crippen molar-refractivity contribution in [1.29, 1.82) is 0 Å². The van der Waals surface area contributed by atoms with Crippen molar-refractivity contribution in [2.24, 2.45) is 5.41 Å². The Bertz CT molecular complexity index is 240. The number of rotatable bonds is 7. The van der Waals surface area contributed by atoms with Gasteiger partial charge in [0.15, 0.2) is 0 Å². The van der Waals surface area contributed by atoms with Crippen molar-refractivity contribution in [2.75, 3.05) is 52.4 Å². The standard InChI is InChI=1S/C16H33N3/c1-3-9-17-14-16(7-5-6-8-16)15-19-12-10-18(4-2)11-13-19/h17H,3-15H2,1-2H3. The van der Waals surface area contributed by atoms with Gasteiger partial charge in [-0.25, -0.2) is 0 Å². The topological polar surface area (TPSA) is 18.5 Å². The molecule has 3 heteroatoms. The van der Waals surface area contributed by atoms with Gasteiger partial charge in [0.2, 0.25) is 0 Å². The molecular weight excluding hydrogens is 234 g/mol. The minimum Gasteiger partial charge on any atom is -0.316 e. The molecule has 2 rings (SSSR count). The van der Waals surface area contributed by atoms with E-state index in [1.54, 1.807) is 0 Å². The maximum Gasteiger partial charge on any atom is 0.0110 e. The average Bonchev–Trinajstić information content (AvgIpc) is 2.89. The second kappa shape index (κ2) is 7.61. The Labute approximate surface area is 119 Å². The fraction of sp³-hybridized carbons (Fsp3) is 1.00. The molecular formula is C16H33N3. The molecule has 1 N–H and O–H groups in total. The van der Waals surface area contributed by atoms with Crippen LogP contribution in [0.15, 0.2) is 0 Å². The molecule has 0 aromatic heterocycles. The van der Waals surface area contributed by atoms with E-state index >= 15 is 0 Å². The highest BCUT2D eigenvalue weighted by Crippen LogP contribution is 2.38. The van der Waals surface area contributed by atoms with E-state index in [1.807, 2.05) is 0 Å². The Morgan fingerprint density at radius 3 is 2.16 bits per heavy atom. The van der Waals surface area contributed by atoms with E-state index in [-0.39, 0.29) is 0 Å². The van der Waals surface area contributed by atoms with Crippen LogP contribution < -0.4 is 5.32 Å². The third-order valence-corrected chi connectivity index (χ3v) is 5.06. The monoisotopic (exact) mass is 267 g/mol. The number of hydrogen-bond acceptors (Lipinski definition) is 3. The van der Waals surface area contributed by atoms with Crippen molar-refractivity contribution in [3.05, 3.63) is 0 Å². The first-order chi connectivity index (χ1) is 9.28. The lowest BCUT2D eigenvalue weighted by molar-refractivity contribution is 0.0876. The van der Waals surface area contributed by atoms with Crippen LogP contribution in [-0.4, -0.2) is 62.2 Å². The van der Waals surface area contributed by atoms with Crippen molar-refractivity contribution in [3.63, 3.8) is 0 Å². The summed E-state index contributed by atoms with van der Waals surface area (Å²) in [4.78, 5) is 5.30. The van der Waals surface area contributed by atoms with Crippen molar-refractivity contribution in [1.82, 2.24) is 15.1 Å². The molecule has 112 valence electrons. The van der Waals surface area contributed by atoms with Gasteiger partial charge in [-0.15, -0.1) is 0 Å². The third kappa shape index (κ3) is 4.44. The molecule has 2 fully saturated rings. The number of nitrogens with zero attached hydrogens (tertiary/aromatic N) is 2. The second-order valence-corrected chi connectivity index (χ2v) is 6.59. The van der Waals surface area contributed by atoms with Crippen LogP contribution in [0.3, 0.4) is 0 Å². The van der Waals surface area contributed by atoms with Crippen molar-refractivity contribution < 1.29 is 0 Å². The quantitative estimate of drug-likeness (QED) is 0.713. The molecule has 0 atom stereocenters. The minimum atomic E-state index is 0.587. The van der Waals surface area contributed by atoms with Gasteiger partial charge in [0, 0.05) is 39.3 Å². The normalized spacial score (nSPS) is 24.9.